The summed E-state index contributed by atoms with van der Waals surface area (Å²) in [6.45, 7) is 4.01. The molecule has 3 rings (SSSR count). The van der Waals surface area contributed by atoms with Crippen molar-refractivity contribution in [3.8, 4) is 11.3 Å². The molecule has 6 nitrogen and oxygen atoms in total. The highest BCUT2D eigenvalue weighted by molar-refractivity contribution is 7.99. The van der Waals surface area contributed by atoms with E-state index in [0.29, 0.717) is 31.9 Å². The second-order valence-electron chi connectivity index (χ2n) is 6.03. The van der Waals surface area contributed by atoms with Crippen LogP contribution in [0.5, 0.6) is 0 Å². The van der Waals surface area contributed by atoms with Crippen molar-refractivity contribution in [2.75, 3.05) is 31.9 Å². The lowest BCUT2D eigenvalue weighted by atomic mass is 10.2. The molecule has 1 aliphatic rings. The zero-order valence-corrected chi connectivity index (χ0v) is 15.3. The van der Waals surface area contributed by atoms with Gasteiger partial charge in [0.1, 0.15) is 0 Å². The van der Waals surface area contributed by atoms with Gasteiger partial charge in [0.2, 0.25) is 11.8 Å². The lowest BCUT2D eigenvalue weighted by Crippen LogP contribution is -2.50. The quantitative estimate of drug-likeness (QED) is 0.783. The Morgan fingerprint density at radius 1 is 1.08 bits per heavy atom. The Hall–Kier alpha value is -2.28. The second-order valence-corrected chi connectivity index (χ2v) is 6.97. The number of piperazine rings is 1. The molecule has 1 aliphatic heterocycles. The number of carbonyl (C=O) groups is 2. The molecule has 0 saturated carbocycles. The van der Waals surface area contributed by atoms with E-state index in [4.69, 9.17) is 0 Å². The minimum Gasteiger partial charge on any atom is -0.339 e. The van der Waals surface area contributed by atoms with Gasteiger partial charge in [0, 0.05) is 40.2 Å². The Balaban J connectivity index is 1.57. The first-order valence-corrected chi connectivity index (χ1v) is 9.28. The SMILES string of the molecule is CC(=O)N1CCN(C(=O)CSc2ncc(-c3ccccc3)n2C)CC1. The highest BCUT2D eigenvalue weighted by Gasteiger charge is 2.22. The van der Waals surface area contributed by atoms with Crippen LogP contribution in [0, 0.1) is 0 Å². The first-order chi connectivity index (χ1) is 12.1. The van der Waals surface area contributed by atoms with Gasteiger partial charge in [-0.15, -0.1) is 0 Å². The zero-order chi connectivity index (χ0) is 17.8. The van der Waals surface area contributed by atoms with Gasteiger partial charge in [-0.1, -0.05) is 42.1 Å². The van der Waals surface area contributed by atoms with Crippen molar-refractivity contribution >= 4 is 23.6 Å². The van der Waals surface area contributed by atoms with E-state index in [0.717, 1.165) is 16.4 Å². The number of thioether (sulfide) groups is 1. The smallest absolute Gasteiger partial charge is 0.233 e. The summed E-state index contributed by atoms with van der Waals surface area (Å²) in [5.74, 6) is 0.527. The lowest BCUT2D eigenvalue weighted by molar-refractivity contribution is -0.136. The minimum absolute atomic E-state index is 0.0722. The van der Waals surface area contributed by atoms with Gasteiger partial charge in [-0.25, -0.2) is 4.98 Å². The third kappa shape index (κ3) is 4.04. The van der Waals surface area contributed by atoms with E-state index in [1.807, 2.05) is 53.0 Å². The van der Waals surface area contributed by atoms with E-state index in [9.17, 15) is 9.59 Å². The van der Waals surface area contributed by atoms with Crippen molar-refractivity contribution in [1.29, 1.82) is 0 Å². The molecule has 25 heavy (non-hydrogen) atoms. The standard InChI is InChI=1S/C18H22N4O2S/c1-14(23)21-8-10-22(11-9-21)17(24)13-25-18-19-12-16(20(18)2)15-6-4-3-5-7-15/h3-7,12H,8-11,13H2,1-2H3. The molecule has 1 saturated heterocycles. The average molecular weight is 358 g/mol. The largest absolute Gasteiger partial charge is 0.339 e. The van der Waals surface area contributed by atoms with E-state index in [1.54, 1.807) is 11.8 Å². The fourth-order valence-electron chi connectivity index (χ4n) is 2.89. The maximum atomic E-state index is 12.4. The van der Waals surface area contributed by atoms with Crippen LogP contribution < -0.4 is 0 Å². The number of aromatic nitrogens is 2. The molecular weight excluding hydrogens is 336 g/mol. The van der Waals surface area contributed by atoms with Crippen molar-refractivity contribution in [2.45, 2.75) is 12.1 Å². The van der Waals surface area contributed by atoms with Crippen LogP contribution in [0.15, 0.2) is 41.7 Å². The molecule has 2 amide bonds. The van der Waals surface area contributed by atoms with Crippen LogP contribution in [0.25, 0.3) is 11.3 Å². The number of benzene rings is 1. The van der Waals surface area contributed by atoms with Gasteiger partial charge < -0.3 is 14.4 Å². The summed E-state index contributed by atoms with van der Waals surface area (Å²) in [6, 6.07) is 10.1. The van der Waals surface area contributed by atoms with Crippen LogP contribution in [-0.2, 0) is 16.6 Å². The third-order valence-electron chi connectivity index (χ3n) is 4.42. The molecule has 1 aromatic heterocycles. The lowest BCUT2D eigenvalue weighted by Gasteiger charge is -2.34. The van der Waals surface area contributed by atoms with Gasteiger partial charge in [0.15, 0.2) is 5.16 Å². The summed E-state index contributed by atoms with van der Waals surface area (Å²) < 4.78 is 2.01. The van der Waals surface area contributed by atoms with E-state index in [-0.39, 0.29) is 11.8 Å². The minimum atomic E-state index is 0.0722. The molecule has 0 bridgehead atoms. The number of imidazole rings is 1. The molecule has 1 fully saturated rings. The number of rotatable bonds is 4. The van der Waals surface area contributed by atoms with Crippen molar-refractivity contribution in [3.63, 3.8) is 0 Å². The maximum Gasteiger partial charge on any atom is 0.233 e. The molecule has 0 N–H and O–H groups in total. The van der Waals surface area contributed by atoms with Gasteiger partial charge in [0.05, 0.1) is 17.6 Å². The van der Waals surface area contributed by atoms with Gasteiger partial charge in [-0.2, -0.15) is 0 Å². The van der Waals surface area contributed by atoms with Crippen LogP contribution >= 0.6 is 11.8 Å². The Bertz CT molecular complexity index is 752. The number of hydrogen-bond acceptors (Lipinski definition) is 4. The fraction of sp³-hybridized carbons (Fsp3) is 0.389. The fourth-order valence-corrected chi connectivity index (χ4v) is 3.75. The van der Waals surface area contributed by atoms with E-state index >= 15 is 0 Å². The van der Waals surface area contributed by atoms with Crippen LogP contribution in [0.4, 0.5) is 0 Å². The molecule has 1 aromatic carbocycles. The molecule has 2 heterocycles. The second kappa shape index (κ2) is 7.74. The van der Waals surface area contributed by atoms with E-state index in [2.05, 4.69) is 4.98 Å². The predicted octanol–water partition coefficient (Wildman–Crippen LogP) is 1.87. The molecule has 132 valence electrons. The Labute approximate surface area is 151 Å². The van der Waals surface area contributed by atoms with Gasteiger partial charge >= 0.3 is 0 Å². The summed E-state index contributed by atoms with van der Waals surface area (Å²) in [5, 5.41) is 0.828. The number of nitrogens with zero attached hydrogens (tertiary/aromatic N) is 4. The van der Waals surface area contributed by atoms with Crippen LogP contribution in [0.3, 0.4) is 0 Å². The van der Waals surface area contributed by atoms with Crippen LogP contribution in [0.1, 0.15) is 6.92 Å². The van der Waals surface area contributed by atoms with Crippen molar-refractivity contribution in [3.05, 3.63) is 36.5 Å². The highest BCUT2D eigenvalue weighted by Crippen LogP contribution is 2.24. The topological polar surface area (TPSA) is 58.4 Å². The summed E-state index contributed by atoms with van der Waals surface area (Å²) >= 11 is 1.45. The molecule has 2 aromatic rings. The number of hydrogen-bond donors (Lipinski definition) is 0. The highest BCUT2D eigenvalue weighted by atomic mass is 32.2. The molecule has 0 atom stereocenters. The van der Waals surface area contributed by atoms with Gasteiger partial charge in [-0.05, 0) is 5.56 Å². The van der Waals surface area contributed by atoms with Crippen molar-refractivity contribution in [1.82, 2.24) is 19.4 Å². The molecule has 0 radical (unpaired) electrons. The Morgan fingerprint density at radius 3 is 2.36 bits per heavy atom. The summed E-state index contributed by atoms with van der Waals surface area (Å²) in [4.78, 5) is 31.8. The van der Waals surface area contributed by atoms with Gasteiger partial charge in [-0.3, -0.25) is 9.59 Å². The van der Waals surface area contributed by atoms with E-state index < -0.39 is 0 Å². The Morgan fingerprint density at radius 2 is 1.72 bits per heavy atom. The molecule has 0 unspecified atom stereocenters. The summed E-state index contributed by atoms with van der Waals surface area (Å²) in [5.41, 5.74) is 2.14. The van der Waals surface area contributed by atoms with Crippen molar-refractivity contribution < 1.29 is 9.59 Å². The zero-order valence-electron chi connectivity index (χ0n) is 14.5. The first-order valence-electron chi connectivity index (χ1n) is 8.29. The summed E-state index contributed by atoms with van der Waals surface area (Å²) in [7, 11) is 1.97. The monoisotopic (exact) mass is 358 g/mol. The molecule has 0 spiro atoms. The first kappa shape index (κ1) is 17.5. The number of amides is 2. The van der Waals surface area contributed by atoms with Gasteiger partial charge in [0.25, 0.3) is 0 Å². The Kier molecular flexibility index (Phi) is 5.43. The summed E-state index contributed by atoms with van der Waals surface area (Å²) in [6.07, 6.45) is 1.84. The van der Waals surface area contributed by atoms with Crippen LogP contribution in [0.2, 0.25) is 0 Å². The number of carbonyl (C=O) groups excluding carboxylic acids is 2. The average Bonchev–Trinajstić information content (AvgIpc) is 3.01. The molecule has 7 heteroatoms. The molecular formula is C18H22N4O2S. The predicted molar refractivity (Wildman–Crippen MR) is 98.2 cm³/mol. The van der Waals surface area contributed by atoms with E-state index in [1.165, 1.54) is 11.8 Å². The molecule has 0 aliphatic carbocycles. The van der Waals surface area contributed by atoms with Crippen LogP contribution in [-0.4, -0.2) is 63.1 Å². The third-order valence-corrected chi connectivity index (χ3v) is 5.45. The maximum absolute atomic E-state index is 12.4. The van der Waals surface area contributed by atoms with Crippen molar-refractivity contribution in [2.24, 2.45) is 7.05 Å². The normalized spacial score (nSPS) is 14.6.